The van der Waals surface area contributed by atoms with Crippen molar-refractivity contribution in [3.63, 3.8) is 0 Å². The maximum atomic E-state index is 12.5. The molecule has 0 bridgehead atoms. The second-order valence-electron chi connectivity index (χ2n) is 7.07. The number of imide groups is 1. The van der Waals surface area contributed by atoms with Crippen molar-refractivity contribution >= 4 is 34.3 Å². The Morgan fingerprint density at radius 2 is 1.71 bits per heavy atom. The molecule has 1 aliphatic heterocycles. The predicted octanol–water partition coefficient (Wildman–Crippen LogP) is 3.31. The van der Waals surface area contributed by atoms with E-state index in [0.29, 0.717) is 18.5 Å². The van der Waals surface area contributed by atoms with Gasteiger partial charge in [-0.15, -0.1) is 0 Å². The van der Waals surface area contributed by atoms with Gasteiger partial charge in [0.2, 0.25) is 17.7 Å². The van der Waals surface area contributed by atoms with Gasteiger partial charge in [0.15, 0.2) is 0 Å². The van der Waals surface area contributed by atoms with Gasteiger partial charge < -0.3 is 10.3 Å². The second-order valence-corrected chi connectivity index (χ2v) is 7.07. The van der Waals surface area contributed by atoms with Crippen LogP contribution in [0.5, 0.6) is 0 Å². The van der Waals surface area contributed by atoms with Crippen LogP contribution in [0, 0.1) is 6.92 Å². The number of aromatic nitrogens is 1. The highest BCUT2D eigenvalue weighted by Gasteiger charge is 2.28. The van der Waals surface area contributed by atoms with Gasteiger partial charge in [-0.1, -0.05) is 30.3 Å². The number of carbonyl (C=O) groups excluding carboxylic acids is 3. The zero-order valence-corrected chi connectivity index (χ0v) is 15.6. The minimum absolute atomic E-state index is 0.0921. The van der Waals surface area contributed by atoms with Gasteiger partial charge in [0.1, 0.15) is 0 Å². The lowest BCUT2D eigenvalue weighted by molar-refractivity contribution is -0.139. The lowest BCUT2D eigenvalue weighted by atomic mass is 10.1. The summed E-state index contributed by atoms with van der Waals surface area (Å²) >= 11 is 0. The van der Waals surface area contributed by atoms with Gasteiger partial charge in [0.05, 0.1) is 13.0 Å². The SMILES string of the molecule is Cc1[nH]c2ccccc2c1CC(=O)Nc1ccc(CN2C(=O)CCC2=O)cc1. The number of nitrogens with zero attached hydrogens (tertiary/aromatic N) is 1. The van der Waals surface area contributed by atoms with E-state index in [4.69, 9.17) is 0 Å². The third-order valence-corrected chi connectivity index (χ3v) is 5.10. The molecule has 142 valence electrons. The topological polar surface area (TPSA) is 82.3 Å². The molecular formula is C22H21N3O3. The molecule has 3 amide bonds. The average molecular weight is 375 g/mol. The molecule has 6 heteroatoms. The van der Waals surface area contributed by atoms with Crippen LogP contribution in [-0.4, -0.2) is 27.6 Å². The third-order valence-electron chi connectivity index (χ3n) is 5.10. The smallest absolute Gasteiger partial charge is 0.229 e. The first-order chi connectivity index (χ1) is 13.5. The first-order valence-corrected chi connectivity index (χ1v) is 9.29. The fourth-order valence-electron chi connectivity index (χ4n) is 3.60. The fraction of sp³-hybridized carbons (Fsp3) is 0.227. The predicted molar refractivity (Wildman–Crippen MR) is 107 cm³/mol. The number of anilines is 1. The van der Waals surface area contributed by atoms with Gasteiger partial charge in [-0.25, -0.2) is 0 Å². The molecule has 2 heterocycles. The van der Waals surface area contributed by atoms with Gasteiger partial charge in [-0.2, -0.15) is 0 Å². The first kappa shape index (κ1) is 18.0. The van der Waals surface area contributed by atoms with Crippen molar-refractivity contribution in [1.82, 2.24) is 9.88 Å². The van der Waals surface area contributed by atoms with E-state index in [-0.39, 0.29) is 30.7 Å². The van der Waals surface area contributed by atoms with Gasteiger partial charge in [-0.3, -0.25) is 19.3 Å². The van der Waals surface area contributed by atoms with Crippen LogP contribution in [0.2, 0.25) is 0 Å². The van der Waals surface area contributed by atoms with E-state index in [0.717, 1.165) is 27.7 Å². The minimum Gasteiger partial charge on any atom is -0.358 e. The average Bonchev–Trinajstić information content (AvgIpc) is 3.17. The van der Waals surface area contributed by atoms with E-state index in [1.807, 2.05) is 43.3 Å². The second kappa shape index (κ2) is 7.31. The molecule has 28 heavy (non-hydrogen) atoms. The summed E-state index contributed by atoms with van der Waals surface area (Å²) in [7, 11) is 0. The summed E-state index contributed by atoms with van der Waals surface area (Å²) in [5, 5.41) is 3.97. The van der Waals surface area contributed by atoms with Gasteiger partial charge in [0.25, 0.3) is 0 Å². The Hall–Kier alpha value is -3.41. The molecule has 1 aromatic heterocycles. The van der Waals surface area contributed by atoms with Crippen molar-refractivity contribution in [3.05, 3.63) is 65.4 Å². The van der Waals surface area contributed by atoms with E-state index in [9.17, 15) is 14.4 Å². The Balaban J connectivity index is 1.41. The number of nitrogens with one attached hydrogen (secondary N) is 2. The number of hydrogen-bond acceptors (Lipinski definition) is 3. The highest BCUT2D eigenvalue weighted by molar-refractivity contribution is 6.01. The molecule has 0 aliphatic carbocycles. The van der Waals surface area contributed by atoms with Gasteiger partial charge in [0, 0.05) is 35.1 Å². The molecule has 1 fully saturated rings. The van der Waals surface area contributed by atoms with Crippen molar-refractivity contribution in [1.29, 1.82) is 0 Å². The number of benzene rings is 2. The molecule has 2 aromatic carbocycles. The number of H-pyrrole nitrogens is 1. The summed E-state index contributed by atoms with van der Waals surface area (Å²) in [6.07, 6.45) is 0.870. The van der Waals surface area contributed by atoms with E-state index in [1.165, 1.54) is 4.90 Å². The molecule has 1 saturated heterocycles. The number of fused-ring (bicyclic) bond motifs is 1. The van der Waals surface area contributed by atoms with Crippen molar-refractivity contribution in [3.8, 4) is 0 Å². The van der Waals surface area contributed by atoms with E-state index < -0.39 is 0 Å². The number of carbonyl (C=O) groups is 3. The molecule has 2 N–H and O–H groups in total. The Morgan fingerprint density at radius 1 is 1.04 bits per heavy atom. The number of likely N-dealkylation sites (tertiary alicyclic amines) is 1. The zero-order chi connectivity index (χ0) is 19.7. The molecule has 1 aliphatic rings. The van der Waals surface area contributed by atoms with Crippen molar-refractivity contribution in [2.45, 2.75) is 32.7 Å². The standard InChI is InChI=1S/C22H21N3O3/c1-14-18(17-4-2-3-5-19(17)23-14)12-20(26)24-16-8-6-15(7-9-16)13-25-21(27)10-11-22(25)28/h2-9,23H,10-13H2,1H3,(H,24,26). The Labute approximate surface area is 162 Å². The summed E-state index contributed by atoms with van der Waals surface area (Å²) in [5.74, 6) is -0.349. The van der Waals surface area contributed by atoms with E-state index in [1.54, 1.807) is 12.1 Å². The number of para-hydroxylation sites is 1. The van der Waals surface area contributed by atoms with Gasteiger partial charge >= 0.3 is 0 Å². The largest absolute Gasteiger partial charge is 0.358 e. The molecule has 6 nitrogen and oxygen atoms in total. The van der Waals surface area contributed by atoms with E-state index in [2.05, 4.69) is 10.3 Å². The molecule has 0 spiro atoms. The van der Waals surface area contributed by atoms with Gasteiger partial charge in [-0.05, 0) is 36.2 Å². The van der Waals surface area contributed by atoms with Crippen LogP contribution in [0.1, 0.15) is 29.7 Å². The minimum atomic E-state index is -0.128. The summed E-state index contributed by atoms with van der Waals surface area (Å²) in [6, 6.07) is 15.2. The molecule has 0 radical (unpaired) electrons. The molecule has 4 rings (SSSR count). The highest BCUT2D eigenvalue weighted by atomic mass is 16.2. The molecule has 0 saturated carbocycles. The summed E-state index contributed by atoms with van der Waals surface area (Å²) in [5.41, 5.74) is 4.56. The fourth-order valence-corrected chi connectivity index (χ4v) is 3.60. The van der Waals surface area contributed by atoms with Crippen molar-refractivity contribution < 1.29 is 14.4 Å². The highest BCUT2D eigenvalue weighted by Crippen LogP contribution is 2.23. The van der Waals surface area contributed by atoms with Crippen molar-refractivity contribution in [2.75, 3.05) is 5.32 Å². The van der Waals surface area contributed by atoms with Crippen LogP contribution in [0.15, 0.2) is 48.5 Å². The van der Waals surface area contributed by atoms with Crippen LogP contribution in [0.4, 0.5) is 5.69 Å². The normalized spacial score (nSPS) is 14.1. The number of aromatic amines is 1. The molecule has 0 unspecified atom stereocenters. The van der Waals surface area contributed by atoms with Crippen LogP contribution >= 0.6 is 0 Å². The van der Waals surface area contributed by atoms with Crippen LogP contribution in [-0.2, 0) is 27.3 Å². The molecule has 0 atom stereocenters. The maximum absolute atomic E-state index is 12.5. The number of hydrogen-bond donors (Lipinski definition) is 2. The van der Waals surface area contributed by atoms with E-state index >= 15 is 0 Å². The quantitative estimate of drug-likeness (QED) is 0.671. The summed E-state index contributed by atoms with van der Waals surface area (Å²) < 4.78 is 0. The summed E-state index contributed by atoms with van der Waals surface area (Å²) in [6.45, 7) is 2.25. The number of aryl methyl sites for hydroxylation is 1. The molecule has 3 aromatic rings. The number of rotatable bonds is 5. The number of amides is 3. The monoisotopic (exact) mass is 375 g/mol. The maximum Gasteiger partial charge on any atom is 0.229 e. The Bertz CT molecular complexity index is 1050. The lowest BCUT2D eigenvalue weighted by Crippen LogP contribution is -2.28. The molecular weight excluding hydrogens is 354 g/mol. The van der Waals surface area contributed by atoms with Crippen LogP contribution in [0.3, 0.4) is 0 Å². The lowest BCUT2D eigenvalue weighted by Gasteiger charge is -2.14. The zero-order valence-electron chi connectivity index (χ0n) is 15.6. The third kappa shape index (κ3) is 3.53. The van der Waals surface area contributed by atoms with Crippen LogP contribution in [0.25, 0.3) is 10.9 Å². The Kier molecular flexibility index (Phi) is 4.69. The Morgan fingerprint density at radius 3 is 2.43 bits per heavy atom. The first-order valence-electron chi connectivity index (χ1n) is 9.29. The summed E-state index contributed by atoms with van der Waals surface area (Å²) in [4.78, 5) is 40.5. The van der Waals surface area contributed by atoms with Crippen molar-refractivity contribution in [2.24, 2.45) is 0 Å². The van der Waals surface area contributed by atoms with Crippen LogP contribution < -0.4 is 5.32 Å².